The maximum atomic E-state index is 5.46. The Hall–Kier alpha value is -6.57. The summed E-state index contributed by atoms with van der Waals surface area (Å²) in [6.45, 7) is 4.71. The molecular formula is C53H35N. The van der Waals surface area contributed by atoms with Gasteiger partial charge in [0.15, 0.2) is 0 Å². The predicted molar refractivity (Wildman–Crippen MR) is 224 cm³/mol. The van der Waals surface area contributed by atoms with Crippen molar-refractivity contribution < 1.29 is 0 Å². The van der Waals surface area contributed by atoms with Crippen LogP contribution in [0.4, 0.5) is 0 Å². The SMILES string of the molecule is CC1(C)c2ccccc2-c2ccc(-c3cccc(-c4nc5ccccc5c5c6c(ccc45)C4(c5ccccc5-c5ccccc54)c4ccccc4-6)c3)cc21. The molecular weight excluding hydrogens is 651 g/mol. The van der Waals surface area contributed by atoms with E-state index in [-0.39, 0.29) is 5.41 Å². The van der Waals surface area contributed by atoms with E-state index in [9.17, 15) is 0 Å². The van der Waals surface area contributed by atoms with Gasteiger partial charge < -0.3 is 0 Å². The van der Waals surface area contributed by atoms with Gasteiger partial charge in [-0.2, -0.15) is 0 Å². The van der Waals surface area contributed by atoms with E-state index in [1.54, 1.807) is 0 Å². The smallest absolute Gasteiger partial charge is 0.0788 e. The van der Waals surface area contributed by atoms with Crippen molar-refractivity contribution in [2.45, 2.75) is 24.7 Å². The number of hydrogen-bond donors (Lipinski definition) is 0. The zero-order valence-corrected chi connectivity index (χ0v) is 30.2. The molecule has 0 aliphatic heterocycles. The van der Waals surface area contributed by atoms with Crippen LogP contribution in [0.15, 0.2) is 176 Å². The first kappa shape index (κ1) is 29.9. The summed E-state index contributed by atoms with van der Waals surface area (Å²) in [5.74, 6) is 0. The number of benzene rings is 8. The van der Waals surface area contributed by atoms with Gasteiger partial charge in [-0.15, -0.1) is 0 Å². The summed E-state index contributed by atoms with van der Waals surface area (Å²) in [5, 5.41) is 3.65. The summed E-state index contributed by atoms with van der Waals surface area (Å²) >= 11 is 0. The molecule has 0 saturated heterocycles. The molecule has 1 nitrogen and oxygen atoms in total. The number of para-hydroxylation sites is 1. The van der Waals surface area contributed by atoms with Crippen LogP contribution in [-0.4, -0.2) is 4.98 Å². The number of aromatic nitrogens is 1. The molecule has 1 spiro atoms. The van der Waals surface area contributed by atoms with Crippen molar-refractivity contribution in [3.8, 4) is 55.8 Å². The summed E-state index contributed by atoms with van der Waals surface area (Å²) in [6, 6.07) is 65.6. The van der Waals surface area contributed by atoms with E-state index in [1.807, 2.05) is 0 Å². The van der Waals surface area contributed by atoms with Crippen LogP contribution < -0.4 is 0 Å². The lowest BCUT2D eigenvalue weighted by atomic mass is 9.70. The van der Waals surface area contributed by atoms with Crippen LogP contribution in [-0.2, 0) is 10.8 Å². The van der Waals surface area contributed by atoms with E-state index in [0.29, 0.717) is 0 Å². The van der Waals surface area contributed by atoms with E-state index in [2.05, 4.69) is 190 Å². The highest BCUT2D eigenvalue weighted by Gasteiger charge is 2.52. The molecule has 8 aromatic carbocycles. The van der Waals surface area contributed by atoms with E-state index in [0.717, 1.165) is 16.8 Å². The minimum absolute atomic E-state index is 0.0516. The van der Waals surface area contributed by atoms with Gasteiger partial charge in [-0.25, -0.2) is 4.98 Å². The average molecular weight is 686 g/mol. The molecule has 0 radical (unpaired) electrons. The number of rotatable bonds is 2. The molecule has 0 bridgehead atoms. The number of pyridine rings is 1. The van der Waals surface area contributed by atoms with E-state index in [4.69, 9.17) is 4.98 Å². The molecule has 3 aliphatic carbocycles. The Kier molecular flexibility index (Phi) is 5.84. The van der Waals surface area contributed by atoms with Crippen molar-refractivity contribution in [2.75, 3.05) is 0 Å². The molecule has 0 amide bonds. The molecule has 0 fully saturated rings. The topological polar surface area (TPSA) is 12.9 Å². The van der Waals surface area contributed by atoms with Crippen molar-refractivity contribution >= 4 is 21.7 Å². The highest BCUT2D eigenvalue weighted by Crippen LogP contribution is 2.64. The molecule has 54 heavy (non-hydrogen) atoms. The second kappa shape index (κ2) is 10.5. The third-order valence-corrected chi connectivity index (χ3v) is 12.9. The summed E-state index contributed by atoms with van der Waals surface area (Å²) in [7, 11) is 0. The standard InChI is InChI=1S/C53H35N/c1-52(2)42-21-8-3-16-35(42)38-27-26-33(31-47(38)52)32-14-13-15-34(30-32)51-41-28-29-46-50(49(41)40-20-7-12-25-48(40)54-51)39-19-6-11-24-45(39)53(46)43-22-9-4-17-36(43)37-18-5-10-23-44(37)53/h3-31H,1-2H3. The van der Waals surface area contributed by atoms with Gasteiger partial charge in [0.2, 0.25) is 0 Å². The Morgan fingerprint density at radius 2 is 0.926 bits per heavy atom. The monoisotopic (exact) mass is 685 g/mol. The fourth-order valence-corrected chi connectivity index (χ4v) is 10.6. The van der Waals surface area contributed by atoms with Gasteiger partial charge in [-0.1, -0.05) is 172 Å². The normalized spacial score (nSPS) is 14.8. The Bertz CT molecular complexity index is 3040. The van der Waals surface area contributed by atoms with Gasteiger partial charge in [0, 0.05) is 27.1 Å². The van der Waals surface area contributed by atoms with E-state index >= 15 is 0 Å². The molecule has 252 valence electrons. The lowest BCUT2D eigenvalue weighted by molar-refractivity contribution is 0.660. The minimum atomic E-state index is -0.390. The maximum Gasteiger partial charge on any atom is 0.0788 e. The Balaban J connectivity index is 1.11. The molecule has 12 rings (SSSR count). The lowest BCUT2D eigenvalue weighted by Crippen LogP contribution is -2.25. The van der Waals surface area contributed by atoms with Crippen LogP contribution >= 0.6 is 0 Å². The molecule has 0 atom stereocenters. The fourth-order valence-electron chi connectivity index (χ4n) is 10.6. The summed E-state index contributed by atoms with van der Waals surface area (Å²) in [6.07, 6.45) is 0. The highest BCUT2D eigenvalue weighted by molar-refractivity contribution is 6.20. The summed E-state index contributed by atoms with van der Waals surface area (Å²) in [5.41, 5.74) is 21.4. The van der Waals surface area contributed by atoms with Crippen LogP contribution in [0.2, 0.25) is 0 Å². The Morgan fingerprint density at radius 1 is 0.370 bits per heavy atom. The molecule has 1 heteroatoms. The third kappa shape index (κ3) is 3.66. The van der Waals surface area contributed by atoms with Crippen molar-refractivity contribution in [2.24, 2.45) is 0 Å². The third-order valence-electron chi connectivity index (χ3n) is 12.9. The zero-order chi connectivity index (χ0) is 35.8. The van der Waals surface area contributed by atoms with Crippen LogP contribution in [0.25, 0.3) is 77.4 Å². The molecule has 1 heterocycles. The zero-order valence-electron chi connectivity index (χ0n) is 30.2. The number of nitrogens with zero attached hydrogens (tertiary/aromatic N) is 1. The van der Waals surface area contributed by atoms with Crippen LogP contribution in [0.3, 0.4) is 0 Å². The predicted octanol–water partition coefficient (Wildman–Crippen LogP) is 13.4. The lowest BCUT2D eigenvalue weighted by Gasteiger charge is -2.30. The molecule has 3 aliphatic rings. The van der Waals surface area contributed by atoms with Crippen LogP contribution in [0.5, 0.6) is 0 Å². The van der Waals surface area contributed by atoms with Gasteiger partial charge >= 0.3 is 0 Å². The largest absolute Gasteiger partial charge is 0.247 e. The van der Waals surface area contributed by atoms with Gasteiger partial charge in [0.25, 0.3) is 0 Å². The molecule has 1 aromatic heterocycles. The van der Waals surface area contributed by atoms with Crippen molar-refractivity contribution in [1.82, 2.24) is 4.98 Å². The number of fused-ring (bicyclic) bond motifs is 17. The number of hydrogen-bond acceptors (Lipinski definition) is 1. The minimum Gasteiger partial charge on any atom is -0.247 e. The second-order valence-corrected chi connectivity index (χ2v) is 15.8. The Morgan fingerprint density at radius 3 is 1.67 bits per heavy atom. The Labute approximate surface area is 315 Å². The average Bonchev–Trinajstić information content (AvgIpc) is 3.79. The van der Waals surface area contributed by atoms with Gasteiger partial charge in [-0.05, 0) is 96.1 Å². The van der Waals surface area contributed by atoms with Gasteiger partial charge in [0.05, 0.1) is 16.6 Å². The fraction of sp³-hybridized carbons (Fsp3) is 0.0755. The van der Waals surface area contributed by atoms with Crippen LogP contribution in [0.1, 0.15) is 47.2 Å². The second-order valence-electron chi connectivity index (χ2n) is 15.8. The maximum absolute atomic E-state index is 5.46. The summed E-state index contributed by atoms with van der Waals surface area (Å²) in [4.78, 5) is 5.46. The summed E-state index contributed by atoms with van der Waals surface area (Å²) < 4.78 is 0. The molecule has 0 saturated carbocycles. The van der Waals surface area contributed by atoms with Gasteiger partial charge in [-0.3, -0.25) is 0 Å². The van der Waals surface area contributed by atoms with Crippen molar-refractivity contribution in [3.63, 3.8) is 0 Å². The molecule has 9 aromatic rings. The highest BCUT2D eigenvalue weighted by atomic mass is 14.7. The first-order chi connectivity index (χ1) is 26.5. The van der Waals surface area contributed by atoms with Crippen molar-refractivity contribution in [3.05, 3.63) is 209 Å². The first-order valence-corrected chi connectivity index (χ1v) is 19.1. The molecule has 0 unspecified atom stereocenters. The van der Waals surface area contributed by atoms with Gasteiger partial charge in [0.1, 0.15) is 0 Å². The first-order valence-electron chi connectivity index (χ1n) is 19.1. The van der Waals surface area contributed by atoms with Crippen molar-refractivity contribution in [1.29, 1.82) is 0 Å². The van der Waals surface area contributed by atoms with E-state index in [1.165, 1.54) is 94.0 Å². The molecule has 0 N–H and O–H groups in total. The van der Waals surface area contributed by atoms with E-state index < -0.39 is 5.41 Å². The quantitative estimate of drug-likeness (QED) is 0.165. The van der Waals surface area contributed by atoms with Crippen LogP contribution in [0, 0.1) is 0 Å².